The Kier molecular flexibility index (Phi) is 4.12. The zero-order chi connectivity index (χ0) is 11.7. The number of benzene rings is 1. The molecule has 2 N–H and O–H groups in total. The Labute approximate surface area is 106 Å². The van der Waals surface area contributed by atoms with Crippen LogP contribution in [0.5, 0.6) is 0 Å². The molecule has 0 bridgehead atoms. The lowest BCUT2D eigenvalue weighted by atomic mass is 10.2. The van der Waals surface area contributed by atoms with Gasteiger partial charge >= 0.3 is 0 Å². The zero-order valence-corrected chi connectivity index (χ0v) is 10.6. The molecule has 0 spiro atoms. The van der Waals surface area contributed by atoms with Gasteiger partial charge in [0.25, 0.3) is 0 Å². The van der Waals surface area contributed by atoms with Gasteiger partial charge in [-0.1, -0.05) is 12.1 Å². The fourth-order valence-corrected chi connectivity index (χ4v) is 1.63. The van der Waals surface area contributed by atoms with E-state index in [-0.39, 0.29) is 18.2 Å². The molecule has 0 radical (unpaired) electrons. The molecule has 0 saturated heterocycles. The highest BCUT2D eigenvalue weighted by Crippen LogP contribution is 2.16. The zero-order valence-electron chi connectivity index (χ0n) is 9.77. The monoisotopic (exact) mass is 255 g/mol. The van der Waals surface area contributed by atoms with Crippen LogP contribution in [0.4, 0.5) is 10.1 Å². The largest absolute Gasteiger partial charge is 0.396 e. The third-order valence-electron chi connectivity index (χ3n) is 2.68. The van der Waals surface area contributed by atoms with E-state index >= 15 is 0 Å². The summed E-state index contributed by atoms with van der Waals surface area (Å²) >= 11 is 0. The Balaban J connectivity index is 0.00000144. The van der Waals surface area contributed by atoms with Gasteiger partial charge in [-0.2, -0.15) is 5.10 Å². The first kappa shape index (κ1) is 13.5. The molecule has 0 amide bonds. The van der Waals surface area contributed by atoms with Crippen LogP contribution in [0, 0.1) is 19.7 Å². The molecule has 1 aromatic carbocycles. The Morgan fingerprint density at radius 2 is 1.82 bits per heavy atom. The lowest BCUT2D eigenvalue weighted by Gasteiger charge is -2.04. The van der Waals surface area contributed by atoms with Crippen LogP contribution in [0.2, 0.25) is 0 Å². The van der Waals surface area contributed by atoms with Crippen LogP contribution in [0.15, 0.2) is 24.3 Å². The smallest absolute Gasteiger partial charge is 0.123 e. The number of nitrogens with two attached hydrogens (primary N) is 1. The maximum absolute atomic E-state index is 12.7. The van der Waals surface area contributed by atoms with Gasteiger partial charge in [0.15, 0.2) is 0 Å². The highest BCUT2D eigenvalue weighted by atomic mass is 35.5. The Morgan fingerprint density at radius 1 is 1.24 bits per heavy atom. The second-order valence-electron chi connectivity index (χ2n) is 3.87. The molecule has 1 heterocycles. The van der Waals surface area contributed by atoms with Gasteiger partial charge in [0.2, 0.25) is 0 Å². The number of anilines is 1. The van der Waals surface area contributed by atoms with Crippen molar-refractivity contribution in [2.45, 2.75) is 20.4 Å². The third-order valence-corrected chi connectivity index (χ3v) is 2.68. The van der Waals surface area contributed by atoms with Gasteiger partial charge in [0, 0.05) is 0 Å². The summed E-state index contributed by atoms with van der Waals surface area (Å²) in [6.07, 6.45) is 0. The summed E-state index contributed by atoms with van der Waals surface area (Å²) in [5, 5.41) is 4.33. The summed E-state index contributed by atoms with van der Waals surface area (Å²) in [7, 11) is 0. The number of aromatic nitrogens is 2. The van der Waals surface area contributed by atoms with Crippen LogP contribution in [0.1, 0.15) is 17.0 Å². The van der Waals surface area contributed by atoms with Gasteiger partial charge < -0.3 is 5.73 Å². The van der Waals surface area contributed by atoms with E-state index in [1.54, 1.807) is 12.1 Å². The molecule has 3 nitrogen and oxygen atoms in total. The van der Waals surface area contributed by atoms with Crippen LogP contribution in [-0.4, -0.2) is 9.78 Å². The van der Waals surface area contributed by atoms with Crippen molar-refractivity contribution in [3.8, 4) is 0 Å². The minimum Gasteiger partial charge on any atom is -0.396 e. The molecule has 0 aliphatic carbocycles. The van der Waals surface area contributed by atoms with Gasteiger partial charge in [0.05, 0.1) is 23.6 Å². The number of nitrogens with zero attached hydrogens (tertiary/aromatic N) is 2. The number of halogens is 2. The summed E-state index contributed by atoms with van der Waals surface area (Å²) in [6, 6.07) is 6.40. The van der Waals surface area contributed by atoms with E-state index in [1.165, 1.54) is 12.1 Å². The van der Waals surface area contributed by atoms with Crippen molar-refractivity contribution in [2.24, 2.45) is 0 Å². The number of hydrogen-bond donors (Lipinski definition) is 1. The molecule has 0 unspecified atom stereocenters. The summed E-state index contributed by atoms with van der Waals surface area (Å²) in [5.74, 6) is -0.225. The summed E-state index contributed by atoms with van der Waals surface area (Å²) in [6.45, 7) is 4.42. The van der Waals surface area contributed by atoms with Gasteiger partial charge in [-0.25, -0.2) is 4.39 Å². The van der Waals surface area contributed by atoms with Crippen LogP contribution in [-0.2, 0) is 6.54 Å². The Bertz CT molecular complexity index is 505. The molecule has 0 aliphatic heterocycles. The van der Waals surface area contributed by atoms with Gasteiger partial charge in [0.1, 0.15) is 5.82 Å². The van der Waals surface area contributed by atoms with Gasteiger partial charge in [-0.05, 0) is 31.5 Å². The lowest BCUT2D eigenvalue weighted by Crippen LogP contribution is -2.04. The highest BCUT2D eigenvalue weighted by Gasteiger charge is 2.07. The van der Waals surface area contributed by atoms with E-state index < -0.39 is 0 Å². The molecular weight excluding hydrogens is 241 g/mol. The fourth-order valence-electron chi connectivity index (χ4n) is 1.63. The fraction of sp³-hybridized carbons (Fsp3) is 0.250. The van der Waals surface area contributed by atoms with Crippen molar-refractivity contribution in [2.75, 3.05) is 5.73 Å². The molecule has 92 valence electrons. The molecule has 2 aromatic rings. The number of rotatable bonds is 2. The molecule has 0 fully saturated rings. The molecule has 0 atom stereocenters. The van der Waals surface area contributed by atoms with Crippen molar-refractivity contribution in [1.82, 2.24) is 9.78 Å². The SMILES string of the molecule is Cc1nn(Cc2ccc(F)cc2)c(C)c1N.Cl. The average molecular weight is 256 g/mol. The third kappa shape index (κ3) is 2.77. The second-order valence-corrected chi connectivity index (χ2v) is 3.87. The van der Waals surface area contributed by atoms with E-state index in [9.17, 15) is 4.39 Å². The summed E-state index contributed by atoms with van der Waals surface area (Å²) < 4.78 is 14.6. The van der Waals surface area contributed by atoms with Gasteiger partial charge in [-0.15, -0.1) is 12.4 Å². The van der Waals surface area contributed by atoms with Crippen LogP contribution in [0.3, 0.4) is 0 Å². The Morgan fingerprint density at radius 3 is 2.29 bits per heavy atom. The molecule has 0 saturated carbocycles. The van der Waals surface area contributed by atoms with Crippen molar-refractivity contribution >= 4 is 18.1 Å². The molecule has 5 heteroatoms. The van der Waals surface area contributed by atoms with E-state index in [2.05, 4.69) is 5.10 Å². The average Bonchev–Trinajstić information content (AvgIpc) is 2.50. The van der Waals surface area contributed by atoms with Crippen LogP contribution >= 0.6 is 12.4 Å². The summed E-state index contributed by atoms with van der Waals surface area (Å²) in [4.78, 5) is 0. The lowest BCUT2D eigenvalue weighted by molar-refractivity contribution is 0.622. The van der Waals surface area contributed by atoms with E-state index in [1.807, 2.05) is 18.5 Å². The predicted molar refractivity (Wildman–Crippen MR) is 68.9 cm³/mol. The van der Waals surface area contributed by atoms with Crippen molar-refractivity contribution in [3.05, 3.63) is 47.0 Å². The standard InChI is InChI=1S/C12H14FN3.ClH/c1-8-12(14)9(2)16(15-8)7-10-3-5-11(13)6-4-10;/h3-6H,7,14H2,1-2H3;1H. The number of aryl methyl sites for hydroxylation is 1. The molecule has 1 aromatic heterocycles. The van der Waals surface area contributed by atoms with Crippen molar-refractivity contribution in [1.29, 1.82) is 0 Å². The van der Waals surface area contributed by atoms with E-state index in [0.29, 0.717) is 6.54 Å². The van der Waals surface area contributed by atoms with Gasteiger partial charge in [-0.3, -0.25) is 4.68 Å². The van der Waals surface area contributed by atoms with Crippen LogP contribution in [0.25, 0.3) is 0 Å². The minimum absolute atomic E-state index is 0. The molecule has 2 rings (SSSR count). The first-order valence-electron chi connectivity index (χ1n) is 5.12. The first-order chi connectivity index (χ1) is 7.58. The van der Waals surface area contributed by atoms with Crippen molar-refractivity contribution < 1.29 is 4.39 Å². The molecule has 0 aliphatic rings. The van der Waals surface area contributed by atoms with E-state index in [0.717, 1.165) is 22.6 Å². The quantitative estimate of drug-likeness (QED) is 0.897. The van der Waals surface area contributed by atoms with Crippen LogP contribution < -0.4 is 5.73 Å². The molecule has 17 heavy (non-hydrogen) atoms. The van der Waals surface area contributed by atoms with Crippen molar-refractivity contribution in [3.63, 3.8) is 0 Å². The molecular formula is C12H15ClFN3. The number of hydrogen-bond acceptors (Lipinski definition) is 2. The highest BCUT2D eigenvalue weighted by molar-refractivity contribution is 5.85. The maximum Gasteiger partial charge on any atom is 0.123 e. The first-order valence-corrected chi connectivity index (χ1v) is 5.12. The number of nitrogen functional groups attached to an aromatic ring is 1. The van der Waals surface area contributed by atoms with E-state index in [4.69, 9.17) is 5.73 Å². The Hall–Kier alpha value is -1.55. The summed E-state index contributed by atoms with van der Waals surface area (Å²) in [5.41, 5.74) is 9.35. The topological polar surface area (TPSA) is 43.8 Å². The predicted octanol–water partition coefficient (Wildman–Crippen LogP) is 2.69. The minimum atomic E-state index is -0.225. The second kappa shape index (κ2) is 5.19. The maximum atomic E-state index is 12.7. The normalized spacial score (nSPS) is 10.1.